The molecule has 17 heavy (non-hydrogen) atoms. The predicted molar refractivity (Wildman–Crippen MR) is 67.4 cm³/mol. The monoisotopic (exact) mass is 258 g/mol. The van der Waals surface area contributed by atoms with Crippen molar-refractivity contribution in [1.82, 2.24) is 0 Å². The molecule has 1 aromatic carbocycles. The zero-order valence-corrected chi connectivity index (χ0v) is 10.8. The number of para-hydroxylation sites is 1. The van der Waals surface area contributed by atoms with E-state index in [1.807, 2.05) is 13.8 Å². The molecular weight excluding hydrogens is 240 g/mol. The Hall–Kier alpha value is -1.11. The summed E-state index contributed by atoms with van der Waals surface area (Å²) in [5, 5.41) is 14.2. The van der Waals surface area contributed by atoms with E-state index in [0.717, 1.165) is 0 Å². The molecule has 0 fully saturated rings. The molecular formula is C11H18N2O3S. The molecule has 6 heteroatoms. The lowest BCUT2D eigenvalue weighted by Gasteiger charge is -2.29. The minimum atomic E-state index is -3.75. The topological polar surface area (TPSA) is 83.6 Å². The van der Waals surface area contributed by atoms with Gasteiger partial charge in [0.05, 0.1) is 12.3 Å². The van der Waals surface area contributed by atoms with E-state index in [2.05, 4.69) is 0 Å². The van der Waals surface area contributed by atoms with Crippen LogP contribution in [0.3, 0.4) is 0 Å². The lowest BCUT2D eigenvalue weighted by Crippen LogP contribution is -2.35. The van der Waals surface area contributed by atoms with Gasteiger partial charge < -0.3 is 10.0 Å². The van der Waals surface area contributed by atoms with Crippen LogP contribution in [0.4, 0.5) is 5.69 Å². The summed E-state index contributed by atoms with van der Waals surface area (Å²) in [4.78, 5) is 1.89. The first-order valence-electron chi connectivity index (χ1n) is 5.37. The minimum Gasteiger partial charge on any atom is -0.395 e. The summed E-state index contributed by atoms with van der Waals surface area (Å²) in [5.74, 6) is 0. The lowest BCUT2D eigenvalue weighted by molar-refractivity contribution is 0.298. The van der Waals surface area contributed by atoms with E-state index in [-0.39, 0.29) is 17.5 Å². The third-order valence-corrected chi connectivity index (χ3v) is 3.40. The summed E-state index contributed by atoms with van der Waals surface area (Å²) >= 11 is 0. The molecule has 0 spiro atoms. The fraction of sp³-hybridized carbons (Fsp3) is 0.455. The fourth-order valence-electron chi connectivity index (χ4n) is 1.70. The SMILES string of the molecule is CC(C)N(CCO)c1ccccc1S(N)(=O)=O. The van der Waals surface area contributed by atoms with Crippen molar-refractivity contribution in [3.05, 3.63) is 24.3 Å². The number of hydrogen-bond acceptors (Lipinski definition) is 4. The Morgan fingerprint density at radius 1 is 1.35 bits per heavy atom. The van der Waals surface area contributed by atoms with Crippen molar-refractivity contribution in [3.8, 4) is 0 Å². The number of primary sulfonamides is 1. The molecule has 0 aliphatic rings. The maximum atomic E-state index is 11.5. The van der Waals surface area contributed by atoms with Crippen molar-refractivity contribution in [2.75, 3.05) is 18.1 Å². The van der Waals surface area contributed by atoms with Crippen LogP contribution in [0.5, 0.6) is 0 Å². The van der Waals surface area contributed by atoms with Crippen LogP contribution in [-0.4, -0.2) is 32.7 Å². The number of benzene rings is 1. The summed E-state index contributed by atoms with van der Waals surface area (Å²) in [7, 11) is -3.75. The molecule has 0 radical (unpaired) electrons. The van der Waals surface area contributed by atoms with Gasteiger partial charge in [-0.2, -0.15) is 0 Å². The highest BCUT2D eigenvalue weighted by atomic mass is 32.2. The van der Waals surface area contributed by atoms with Gasteiger partial charge in [0.25, 0.3) is 0 Å². The molecule has 96 valence electrons. The molecule has 0 saturated carbocycles. The molecule has 0 aliphatic heterocycles. The van der Waals surface area contributed by atoms with Crippen molar-refractivity contribution in [3.63, 3.8) is 0 Å². The molecule has 0 bridgehead atoms. The van der Waals surface area contributed by atoms with Crippen molar-refractivity contribution < 1.29 is 13.5 Å². The number of aliphatic hydroxyl groups is 1. The van der Waals surface area contributed by atoms with Crippen LogP contribution in [0.1, 0.15) is 13.8 Å². The van der Waals surface area contributed by atoms with Gasteiger partial charge in [0.15, 0.2) is 0 Å². The molecule has 5 nitrogen and oxygen atoms in total. The van der Waals surface area contributed by atoms with Gasteiger partial charge in [-0.15, -0.1) is 0 Å². The first kappa shape index (κ1) is 14.0. The molecule has 0 saturated heterocycles. The fourth-order valence-corrected chi connectivity index (χ4v) is 2.44. The summed E-state index contributed by atoms with van der Waals surface area (Å²) in [5.41, 5.74) is 0.527. The quantitative estimate of drug-likeness (QED) is 0.807. The van der Waals surface area contributed by atoms with Crippen molar-refractivity contribution in [2.24, 2.45) is 5.14 Å². The van der Waals surface area contributed by atoms with E-state index < -0.39 is 10.0 Å². The second-order valence-corrected chi connectivity index (χ2v) is 5.55. The van der Waals surface area contributed by atoms with Crippen molar-refractivity contribution in [2.45, 2.75) is 24.8 Å². The second kappa shape index (κ2) is 5.48. The number of anilines is 1. The number of nitrogens with two attached hydrogens (primary N) is 1. The van der Waals surface area contributed by atoms with Crippen molar-refractivity contribution in [1.29, 1.82) is 0 Å². The smallest absolute Gasteiger partial charge is 0.240 e. The molecule has 1 rings (SSSR count). The minimum absolute atomic E-state index is 0.0445. The number of hydrogen-bond donors (Lipinski definition) is 2. The Balaban J connectivity index is 3.29. The van der Waals surface area contributed by atoms with Crippen LogP contribution in [0.2, 0.25) is 0 Å². The van der Waals surface area contributed by atoms with Crippen LogP contribution < -0.4 is 10.0 Å². The average Bonchev–Trinajstić information content (AvgIpc) is 2.24. The molecule has 0 heterocycles. The number of aliphatic hydroxyl groups excluding tert-OH is 1. The van der Waals surface area contributed by atoms with Crippen LogP contribution in [0.15, 0.2) is 29.2 Å². The van der Waals surface area contributed by atoms with E-state index in [4.69, 9.17) is 10.2 Å². The predicted octanol–water partition coefficient (Wildman–Crippen LogP) is 0.541. The Morgan fingerprint density at radius 3 is 2.41 bits per heavy atom. The van der Waals surface area contributed by atoms with Gasteiger partial charge in [-0.3, -0.25) is 0 Å². The number of sulfonamides is 1. The largest absolute Gasteiger partial charge is 0.395 e. The lowest BCUT2D eigenvalue weighted by atomic mass is 10.2. The van der Waals surface area contributed by atoms with Crippen molar-refractivity contribution >= 4 is 15.7 Å². The third-order valence-electron chi connectivity index (χ3n) is 2.45. The van der Waals surface area contributed by atoms with E-state index in [1.54, 1.807) is 23.1 Å². The Morgan fingerprint density at radius 2 is 1.94 bits per heavy atom. The maximum Gasteiger partial charge on any atom is 0.240 e. The highest BCUT2D eigenvalue weighted by Gasteiger charge is 2.19. The van der Waals surface area contributed by atoms with Gasteiger partial charge in [-0.1, -0.05) is 12.1 Å². The van der Waals surface area contributed by atoms with Crippen LogP contribution in [-0.2, 0) is 10.0 Å². The van der Waals surface area contributed by atoms with E-state index in [1.165, 1.54) is 6.07 Å². The number of nitrogens with zero attached hydrogens (tertiary/aromatic N) is 1. The second-order valence-electron chi connectivity index (χ2n) is 4.02. The molecule has 3 N–H and O–H groups in total. The first-order chi connectivity index (χ1) is 7.88. The van der Waals surface area contributed by atoms with E-state index in [9.17, 15) is 8.42 Å². The zero-order valence-electron chi connectivity index (χ0n) is 10.00. The van der Waals surface area contributed by atoms with Gasteiger partial charge in [-0.05, 0) is 26.0 Å². The van der Waals surface area contributed by atoms with Crippen LogP contribution in [0.25, 0.3) is 0 Å². The van der Waals surface area contributed by atoms with Gasteiger partial charge >= 0.3 is 0 Å². The standard InChI is InChI=1S/C11H18N2O3S/c1-9(2)13(7-8-14)10-5-3-4-6-11(10)17(12,15)16/h3-6,9,14H,7-8H2,1-2H3,(H2,12,15,16). The normalized spacial score (nSPS) is 11.8. The van der Waals surface area contributed by atoms with Crippen LogP contribution in [0, 0.1) is 0 Å². The average molecular weight is 258 g/mol. The highest BCUT2D eigenvalue weighted by molar-refractivity contribution is 7.89. The number of rotatable bonds is 5. The van der Waals surface area contributed by atoms with Gasteiger partial charge in [0.1, 0.15) is 4.90 Å². The van der Waals surface area contributed by atoms with Gasteiger partial charge in [0.2, 0.25) is 10.0 Å². The summed E-state index contributed by atoms with van der Waals surface area (Å²) in [6.07, 6.45) is 0. The van der Waals surface area contributed by atoms with Gasteiger partial charge in [-0.25, -0.2) is 13.6 Å². The highest BCUT2D eigenvalue weighted by Crippen LogP contribution is 2.25. The molecule has 0 aromatic heterocycles. The molecule has 0 unspecified atom stereocenters. The zero-order chi connectivity index (χ0) is 13.1. The van der Waals surface area contributed by atoms with E-state index >= 15 is 0 Å². The van der Waals surface area contributed by atoms with E-state index in [0.29, 0.717) is 12.2 Å². The third kappa shape index (κ3) is 3.42. The summed E-state index contributed by atoms with van der Waals surface area (Å²) in [6, 6.07) is 6.61. The molecule has 0 amide bonds. The summed E-state index contributed by atoms with van der Waals surface area (Å²) in [6.45, 7) is 4.17. The maximum absolute atomic E-state index is 11.5. The molecule has 0 aliphatic carbocycles. The molecule has 1 aromatic rings. The first-order valence-corrected chi connectivity index (χ1v) is 6.92. The Labute approximate surface area is 102 Å². The van der Waals surface area contributed by atoms with Crippen LogP contribution >= 0.6 is 0 Å². The Bertz CT molecular complexity index is 471. The summed E-state index contributed by atoms with van der Waals surface area (Å²) < 4.78 is 22.9. The van der Waals surface area contributed by atoms with Gasteiger partial charge in [0, 0.05) is 12.6 Å². The molecule has 0 atom stereocenters. The Kier molecular flexibility index (Phi) is 4.50.